The Morgan fingerprint density at radius 3 is 2.70 bits per heavy atom. The summed E-state index contributed by atoms with van der Waals surface area (Å²) in [4.78, 5) is 22.4. The number of amides is 1. The van der Waals surface area contributed by atoms with Gasteiger partial charge in [0.1, 0.15) is 11.9 Å². The number of rotatable bonds is 6. The fourth-order valence-corrected chi connectivity index (χ4v) is 3.39. The summed E-state index contributed by atoms with van der Waals surface area (Å²) in [6.45, 7) is 2.66. The maximum Gasteiger partial charge on any atom is 0.408 e. The fraction of sp³-hybridized carbons (Fsp3) is 0.529. The second kappa shape index (κ2) is 8.34. The number of aromatic nitrogens is 4. The van der Waals surface area contributed by atoms with E-state index in [1.165, 1.54) is 7.11 Å². The molecule has 0 saturated carbocycles. The number of ether oxygens (including phenoxy) is 1. The number of hydrogen-bond acceptors (Lipinski definition) is 7. The van der Waals surface area contributed by atoms with Crippen molar-refractivity contribution in [2.45, 2.75) is 38.2 Å². The van der Waals surface area contributed by atoms with Crippen molar-refractivity contribution in [3.63, 3.8) is 0 Å². The second-order valence-corrected chi connectivity index (χ2v) is 6.93. The highest BCUT2D eigenvalue weighted by molar-refractivity contribution is 5.66. The summed E-state index contributed by atoms with van der Waals surface area (Å²) in [7, 11) is 1.33. The van der Waals surface area contributed by atoms with Gasteiger partial charge in [-0.2, -0.15) is 23.3 Å². The Morgan fingerprint density at radius 1 is 1.40 bits per heavy atom. The number of halogens is 3. The topological polar surface area (TPSA) is 119 Å². The molecule has 1 fully saturated rings. The van der Waals surface area contributed by atoms with Crippen LogP contribution in [0, 0.1) is 6.92 Å². The average molecular weight is 429 g/mol. The smallest absolute Gasteiger partial charge is 0.408 e. The van der Waals surface area contributed by atoms with Gasteiger partial charge in [0.15, 0.2) is 5.82 Å². The molecule has 0 spiro atoms. The Balaban J connectivity index is 1.86. The molecule has 1 saturated heterocycles. The predicted molar refractivity (Wildman–Crippen MR) is 101 cm³/mol. The number of methoxy groups -OCH3 is 1. The molecule has 164 valence electrons. The van der Waals surface area contributed by atoms with Crippen molar-refractivity contribution in [1.29, 1.82) is 0 Å². The lowest BCUT2D eigenvalue weighted by Gasteiger charge is -2.35. The van der Waals surface area contributed by atoms with Gasteiger partial charge in [0.25, 0.3) is 0 Å². The number of carboxylic acid groups (broad SMARTS) is 1. The molecule has 0 aromatic carbocycles. The van der Waals surface area contributed by atoms with E-state index in [1.54, 1.807) is 30.2 Å². The van der Waals surface area contributed by atoms with E-state index in [0.29, 0.717) is 22.2 Å². The minimum atomic E-state index is -4.70. The van der Waals surface area contributed by atoms with Crippen LogP contribution in [0.5, 0.6) is 0 Å². The largest absolute Gasteiger partial charge is 0.465 e. The summed E-state index contributed by atoms with van der Waals surface area (Å²) in [5.41, 5.74) is 0.620. The molecule has 3 heterocycles. The molecule has 0 aliphatic carbocycles. The first-order valence-corrected chi connectivity index (χ1v) is 9.08. The van der Waals surface area contributed by atoms with E-state index in [1.807, 2.05) is 0 Å². The number of alkyl halides is 3. The van der Waals surface area contributed by atoms with Gasteiger partial charge in [-0.3, -0.25) is 10.00 Å². The summed E-state index contributed by atoms with van der Waals surface area (Å²) >= 11 is 0. The molecule has 10 nitrogen and oxygen atoms in total. The Bertz CT molecular complexity index is 878. The molecule has 1 aliphatic rings. The summed E-state index contributed by atoms with van der Waals surface area (Å²) in [6.07, 6.45) is -5.52. The van der Waals surface area contributed by atoms with Gasteiger partial charge < -0.3 is 20.1 Å². The van der Waals surface area contributed by atoms with Crippen LogP contribution < -0.4 is 10.2 Å². The molecule has 0 unspecified atom stereocenters. The predicted octanol–water partition coefficient (Wildman–Crippen LogP) is 2.39. The van der Waals surface area contributed by atoms with E-state index in [9.17, 15) is 23.1 Å². The van der Waals surface area contributed by atoms with Crippen LogP contribution in [-0.4, -0.2) is 80.8 Å². The molecule has 0 radical (unpaired) electrons. The van der Waals surface area contributed by atoms with Crippen molar-refractivity contribution in [1.82, 2.24) is 25.1 Å². The lowest BCUT2D eigenvalue weighted by Crippen LogP contribution is -2.55. The summed E-state index contributed by atoms with van der Waals surface area (Å²) in [5, 5.41) is 19.1. The lowest BCUT2D eigenvalue weighted by molar-refractivity contribution is -0.181. The van der Waals surface area contributed by atoms with E-state index in [0.717, 1.165) is 6.92 Å². The maximum atomic E-state index is 13.2. The third-order valence-electron chi connectivity index (χ3n) is 4.89. The SMILES string of the molecule is CO[C@@H]1CN(c2nc(C)cc(Nc3cc[nH]n3)n2)C[C@H]1N(C(=O)O)[C@@H](C)C(F)(F)F. The Labute approximate surface area is 170 Å². The molecule has 3 rings (SSSR count). The van der Waals surface area contributed by atoms with Crippen molar-refractivity contribution in [2.24, 2.45) is 0 Å². The van der Waals surface area contributed by atoms with Crippen LogP contribution in [-0.2, 0) is 4.74 Å². The highest BCUT2D eigenvalue weighted by Gasteiger charge is 2.49. The third kappa shape index (κ3) is 4.56. The van der Waals surface area contributed by atoms with Crippen LogP contribution in [0.25, 0.3) is 0 Å². The second-order valence-electron chi connectivity index (χ2n) is 6.93. The maximum absolute atomic E-state index is 13.2. The number of carbonyl (C=O) groups is 1. The van der Waals surface area contributed by atoms with Gasteiger partial charge in [0.05, 0.1) is 12.1 Å². The molecule has 1 aliphatic heterocycles. The molecule has 1 amide bonds. The third-order valence-corrected chi connectivity index (χ3v) is 4.89. The number of nitrogens with one attached hydrogen (secondary N) is 2. The Hall–Kier alpha value is -3.09. The normalized spacial score (nSPS) is 20.3. The van der Waals surface area contributed by atoms with Crippen LogP contribution in [0.15, 0.2) is 18.3 Å². The molecule has 13 heteroatoms. The monoisotopic (exact) mass is 429 g/mol. The molecule has 3 N–H and O–H groups in total. The minimum absolute atomic E-state index is 0.0451. The Morgan fingerprint density at radius 2 is 2.13 bits per heavy atom. The van der Waals surface area contributed by atoms with Gasteiger partial charge in [-0.15, -0.1) is 0 Å². The first-order valence-electron chi connectivity index (χ1n) is 9.08. The zero-order chi connectivity index (χ0) is 22.1. The summed E-state index contributed by atoms with van der Waals surface area (Å²) < 4.78 is 45.1. The highest BCUT2D eigenvalue weighted by Crippen LogP contribution is 2.31. The van der Waals surface area contributed by atoms with Crippen molar-refractivity contribution in [3.8, 4) is 0 Å². The van der Waals surface area contributed by atoms with Crippen molar-refractivity contribution < 1.29 is 27.8 Å². The van der Waals surface area contributed by atoms with Crippen molar-refractivity contribution in [2.75, 3.05) is 30.4 Å². The van der Waals surface area contributed by atoms with E-state index >= 15 is 0 Å². The number of aromatic amines is 1. The Kier molecular flexibility index (Phi) is 6.01. The standard InChI is InChI=1S/C17H22F3N7O3/c1-9-6-14(23-13-4-5-21-25-13)24-15(22-9)26-7-11(12(8-26)30-3)27(16(28)29)10(2)17(18,19)20/h4-6,10-12H,7-8H2,1-3H3,(H,28,29)(H2,21,22,23,24,25)/t10-,11+,12+/m0/s1. The zero-order valence-corrected chi connectivity index (χ0v) is 16.5. The molecule has 2 aromatic rings. The molecule has 30 heavy (non-hydrogen) atoms. The molecule has 0 bridgehead atoms. The molecular weight excluding hydrogens is 407 g/mol. The summed E-state index contributed by atoms with van der Waals surface area (Å²) in [5.74, 6) is 1.23. The number of nitrogens with zero attached hydrogens (tertiary/aromatic N) is 5. The van der Waals surface area contributed by atoms with E-state index in [-0.39, 0.29) is 19.0 Å². The van der Waals surface area contributed by atoms with Gasteiger partial charge in [0.2, 0.25) is 5.95 Å². The van der Waals surface area contributed by atoms with Crippen molar-refractivity contribution >= 4 is 23.7 Å². The molecular formula is C17H22F3N7O3. The summed E-state index contributed by atoms with van der Waals surface area (Å²) in [6, 6.07) is 0.158. The van der Waals surface area contributed by atoms with Gasteiger partial charge in [-0.05, 0) is 13.8 Å². The average Bonchev–Trinajstić information content (AvgIpc) is 3.30. The van der Waals surface area contributed by atoms with Gasteiger partial charge >= 0.3 is 12.3 Å². The number of H-pyrrole nitrogens is 1. The fourth-order valence-electron chi connectivity index (χ4n) is 3.39. The van der Waals surface area contributed by atoms with Crippen molar-refractivity contribution in [3.05, 3.63) is 24.0 Å². The van der Waals surface area contributed by atoms with Crippen LogP contribution in [0.1, 0.15) is 12.6 Å². The quantitative estimate of drug-likeness (QED) is 0.640. The van der Waals surface area contributed by atoms with E-state index < -0.39 is 30.5 Å². The number of aryl methyl sites for hydroxylation is 1. The lowest BCUT2D eigenvalue weighted by atomic mass is 10.1. The number of anilines is 3. The van der Waals surface area contributed by atoms with Crippen LogP contribution in [0.2, 0.25) is 0 Å². The molecule has 2 aromatic heterocycles. The number of hydrogen-bond donors (Lipinski definition) is 3. The van der Waals surface area contributed by atoms with Gasteiger partial charge in [0, 0.05) is 44.2 Å². The van der Waals surface area contributed by atoms with Crippen LogP contribution in [0.3, 0.4) is 0 Å². The minimum Gasteiger partial charge on any atom is -0.465 e. The van der Waals surface area contributed by atoms with Crippen LogP contribution >= 0.6 is 0 Å². The zero-order valence-electron chi connectivity index (χ0n) is 16.5. The van der Waals surface area contributed by atoms with Gasteiger partial charge in [-0.25, -0.2) is 9.78 Å². The molecule has 3 atom stereocenters. The first-order chi connectivity index (χ1) is 14.1. The van der Waals surface area contributed by atoms with E-state index in [4.69, 9.17) is 4.74 Å². The van der Waals surface area contributed by atoms with E-state index in [2.05, 4.69) is 25.5 Å². The highest BCUT2D eigenvalue weighted by atomic mass is 19.4. The van der Waals surface area contributed by atoms with Gasteiger partial charge in [-0.1, -0.05) is 0 Å². The van der Waals surface area contributed by atoms with Crippen LogP contribution in [0.4, 0.5) is 35.5 Å². The first kappa shape index (κ1) is 21.6.